The van der Waals surface area contributed by atoms with Crippen LogP contribution < -0.4 is 10.6 Å². The Morgan fingerprint density at radius 3 is 2.22 bits per heavy atom. The van der Waals surface area contributed by atoms with Crippen LogP contribution in [0.2, 0.25) is 0 Å². The summed E-state index contributed by atoms with van der Waals surface area (Å²) < 4.78 is 5.38. The highest BCUT2D eigenvalue weighted by Gasteiger charge is 2.38. The lowest BCUT2D eigenvalue weighted by molar-refractivity contribution is -0.142. The van der Waals surface area contributed by atoms with Crippen LogP contribution in [-0.4, -0.2) is 47.5 Å². The fourth-order valence-electron chi connectivity index (χ4n) is 3.76. The van der Waals surface area contributed by atoms with E-state index in [2.05, 4.69) is 17.6 Å². The van der Waals surface area contributed by atoms with Crippen LogP contribution in [0, 0.1) is 17.2 Å². The van der Waals surface area contributed by atoms with E-state index in [4.69, 9.17) is 4.74 Å². The molecule has 0 spiro atoms. The molecule has 36 heavy (non-hydrogen) atoms. The highest BCUT2D eigenvalue weighted by Crippen LogP contribution is 2.25. The highest BCUT2D eigenvalue weighted by molar-refractivity contribution is 5.92. The minimum absolute atomic E-state index is 0.248. The van der Waals surface area contributed by atoms with Gasteiger partial charge in [-0.05, 0) is 50.7 Å². The number of ether oxygens (including phenoxy) is 1. The van der Waals surface area contributed by atoms with E-state index in [9.17, 15) is 19.6 Å². The molecule has 3 amide bonds. The van der Waals surface area contributed by atoms with Gasteiger partial charge in [-0.3, -0.25) is 9.59 Å². The van der Waals surface area contributed by atoms with Crippen molar-refractivity contribution in [3.8, 4) is 6.07 Å². The summed E-state index contributed by atoms with van der Waals surface area (Å²) in [5, 5.41) is 15.2. The van der Waals surface area contributed by atoms with Gasteiger partial charge < -0.3 is 20.3 Å². The Hall–Kier alpha value is -3.08. The maximum atomic E-state index is 13.9. The number of carbonyl (C=O) groups excluding carboxylic acids is 3. The minimum atomic E-state index is -1.00. The zero-order valence-electron chi connectivity index (χ0n) is 23.0. The molecule has 1 rings (SSSR count). The lowest BCUT2D eigenvalue weighted by atomic mass is 9.95. The van der Waals surface area contributed by atoms with E-state index in [1.807, 2.05) is 51.1 Å². The van der Waals surface area contributed by atoms with Crippen LogP contribution in [-0.2, 0) is 20.7 Å². The zero-order chi connectivity index (χ0) is 27.3. The van der Waals surface area contributed by atoms with Gasteiger partial charge in [-0.15, -0.1) is 0 Å². The molecule has 3 unspecified atom stereocenters. The van der Waals surface area contributed by atoms with Crippen molar-refractivity contribution in [3.63, 3.8) is 0 Å². The smallest absolute Gasteiger partial charge is 0.408 e. The number of nitriles is 1. The molecule has 0 saturated heterocycles. The molecule has 8 nitrogen and oxygen atoms in total. The highest BCUT2D eigenvalue weighted by atomic mass is 16.6. The predicted octanol–water partition coefficient (Wildman–Crippen LogP) is 4.89. The molecule has 0 aromatic heterocycles. The Kier molecular flexibility index (Phi) is 13.0. The topological polar surface area (TPSA) is 112 Å². The molecule has 0 bridgehead atoms. The molecule has 0 radical (unpaired) electrons. The Morgan fingerprint density at radius 2 is 1.72 bits per heavy atom. The summed E-state index contributed by atoms with van der Waals surface area (Å²) in [5.41, 5.74) is 0.980. The van der Waals surface area contributed by atoms with Crippen molar-refractivity contribution in [2.24, 2.45) is 5.92 Å². The first kappa shape index (κ1) is 31.0. The van der Waals surface area contributed by atoms with Gasteiger partial charge in [-0.2, -0.15) is 5.26 Å². The summed E-state index contributed by atoms with van der Waals surface area (Å²) >= 11 is 0. The monoisotopic (exact) mass is 500 g/mol. The molecule has 8 heteroatoms. The van der Waals surface area contributed by atoms with Crippen molar-refractivity contribution in [1.82, 2.24) is 15.5 Å². The van der Waals surface area contributed by atoms with Crippen molar-refractivity contribution < 1.29 is 19.1 Å². The van der Waals surface area contributed by atoms with Crippen molar-refractivity contribution in [2.45, 2.75) is 98.3 Å². The van der Waals surface area contributed by atoms with Crippen molar-refractivity contribution in [1.29, 1.82) is 5.26 Å². The molecule has 0 heterocycles. The molecule has 1 aromatic rings. The number of unbranched alkanes of at least 4 members (excludes halogenated alkanes) is 2. The van der Waals surface area contributed by atoms with E-state index in [0.29, 0.717) is 18.5 Å². The maximum Gasteiger partial charge on any atom is 0.408 e. The summed E-state index contributed by atoms with van der Waals surface area (Å²) in [6.45, 7) is 13.3. The van der Waals surface area contributed by atoms with Gasteiger partial charge in [-0.25, -0.2) is 4.79 Å². The van der Waals surface area contributed by atoms with Crippen LogP contribution in [0.5, 0.6) is 0 Å². The molecular formula is C28H44N4O4. The van der Waals surface area contributed by atoms with Crippen LogP contribution >= 0.6 is 0 Å². The van der Waals surface area contributed by atoms with E-state index < -0.39 is 29.7 Å². The lowest BCUT2D eigenvalue weighted by Crippen LogP contribution is -2.55. The van der Waals surface area contributed by atoms with Crippen molar-refractivity contribution in [3.05, 3.63) is 35.4 Å². The third-order valence-electron chi connectivity index (χ3n) is 6.02. The SMILES string of the molecule is CCCCCNC(=O)C(c1ccc(CC)cc1)N(CC#N)C(=O)C(NC(=O)OC(C)(C)C)C(C)CC. The first-order valence-corrected chi connectivity index (χ1v) is 13.0. The van der Waals surface area contributed by atoms with Gasteiger partial charge in [0.15, 0.2) is 0 Å². The van der Waals surface area contributed by atoms with Crippen LogP contribution in [0.15, 0.2) is 24.3 Å². The number of aryl methyl sites for hydroxylation is 1. The Balaban J connectivity index is 3.40. The molecule has 3 atom stereocenters. The summed E-state index contributed by atoms with van der Waals surface area (Å²) in [6, 6.07) is 7.58. The Morgan fingerprint density at radius 1 is 1.08 bits per heavy atom. The molecule has 2 N–H and O–H groups in total. The minimum Gasteiger partial charge on any atom is -0.444 e. The third-order valence-corrected chi connectivity index (χ3v) is 6.02. The Labute approximate surface area is 216 Å². The number of amides is 3. The van der Waals surface area contributed by atoms with Gasteiger partial charge >= 0.3 is 6.09 Å². The van der Waals surface area contributed by atoms with E-state index in [1.54, 1.807) is 20.8 Å². The second-order valence-electron chi connectivity index (χ2n) is 10.1. The number of nitrogens with zero attached hydrogens (tertiary/aromatic N) is 2. The number of rotatable bonds is 13. The van der Waals surface area contributed by atoms with Gasteiger partial charge in [0, 0.05) is 6.54 Å². The largest absolute Gasteiger partial charge is 0.444 e. The quantitative estimate of drug-likeness (QED) is 0.296. The maximum absolute atomic E-state index is 13.9. The molecule has 200 valence electrons. The number of carbonyl (C=O) groups is 3. The predicted molar refractivity (Wildman–Crippen MR) is 141 cm³/mol. The first-order chi connectivity index (χ1) is 17.0. The normalized spacial score (nSPS) is 13.6. The number of hydrogen-bond acceptors (Lipinski definition) is 5. The van der Waals surface area contributed by atoms with Crippen molar-refractivity contribution >= 4 is 17.9 Å². The second kappa shape index (κ2) is 15.1. The van der Waals surface area contributed by atoms with E-state index >= 15 is 0 Å². The number of alkyl carbamates (subject to hydrolysis) is 1. The molecule has 0 saturated carbocycles. The molecule has 0 aliphatic rings. The number of benzene rings is 1. The van der Waals surface area contributed by atoms with Crippen LogP contribution in [0.25, 0.3) is 0 Å². The Bertz CT molecular complexity index is 886. The summed E-state index contributed by atoms with van der Waals surface area (Å²) in [6.07, 6.45) is 3.55. The number of nitrogens with one attached hydrogen (secondary N) is 2. The summed E-state index contributed by atoms with van der Waals surface area (Å²) in [4.78, 5) is 41.1. The van der Waals surface area contributed by atoms with E-state index in [0.717, 1.165) is 31.2 Å². The van der Waals surface area contributed by atoms with Crippen LogP contribution in [0.3, 0.4) is 0 Å². The third kappa shape index (κ3) is 9.88. The molecular weight excluding hydrogens is 456 g/mol. The zero-order valence-corrected chi connectivity index (χ0v) is 23.0. The van der Waals surface area contributed by atoms with E-state index in [1.165, 1.54) is 4.90 Å². The molecule has 0 aliphatic carbocycles. The first-order valence-electron chi connectivity index (χ1n) is 13.0. The molecule has 0 fully saturated rings. The lowest BCUT2D eigenvalue weighted by Gasteiger charge is -2.34. The van der Waals surface area contributed by atoms with Gasteiger partial charge in [-0.1, -0.05) is 71.2 Å². The van der Waals surface area contributed by atoms with Gasteiger partial charge in [0.2, 0.25) is 11.8 Å². The average molecular weight is 501 g/mol. The summed E-state index contributed by atoms with van der Waals surface area (Å²) in [5.74, 6) is -1.09. The van der Waals surface area contributed by atoms with Gasteiger partial charge in [0.25, 0.3) is 0 Å². The van der Waals surface area contributed by atoms with Gasteiger partial charge in [0.05, 0.1) is 6.07 Å². The van der Waals surface area contributed by atoms with Gasteiger partial charge in [0.1, 0.15) is 24.2 Å². The summed E-state index contributed by atoms with van der Waals surface area (Å²) in [7, 11) is 0. The van der Waals surface area contributed by atoms with Crippen LogP contribution in [0.1, 0.15) is 91.3 Å². The van der Waals surface area contributed by atoms with Crippen LogP contribution in [0.4, 0.5) is 4.79 Å². The molecule has 1 aromatic carbocycles. The standard InChI is InChI=1S/C28H44N4O4/c1-8-11-12-18-30-25(33)24(22-15-13-21(10-3)14-16-22)32(19-17-29)26(34)23(20(4)9-2)31-27(35)36-28(5,6)7/h13-16,20,23-24H,8-12,18-19H2,1-7H3,(H,30,33)(H,31,35). The fraction of sp³-hybridized carbons (Fsp3) is 0.643. The fourth-order valence-corrected chi connectivity index (χ4v) is 3.76. The average Bonchev–Trinajstić information content (AvgIpc) is 2.83. The number of hydrogen-bond donors (Lipinski definition) is 2. The van der Waals surface area contributed by atoms with E-state index in [-0.39, 0.29) is 18.4 Å². The molecule has 0 aliphatic heterocycles. The second-order valence-corrected chi connectivity index (χ2v) is 10.1. The van der Waals surface area contributed by atoms with Crippen molar-refractivity contribution in [2.75, 3.05) is 13.1 Å².